The summed E-state index contributed by atoms with van der Waals surface area (Å²) in [6.45, 7) is 0. The van der Waals surface area contributed by atoms with E-state index in [1.807, 2.05) is 30.3 Å². The van der Waals surface area contributed by atoms with Crippen molar-refractivity contribution in [3.63, 3.8) is 0 Å². The minimum absolute atomic E-state index is 0.0970. The van der Waals surface area contributed by atoms with Crippen LogP contribution in [0.5, 0.6) is 0 Å². The lowest BCUT2D eigenvalue weighted by atomic mass is 10.1. The maximum Gasteiger partial charge on any atom is 0.262 e. The number of hydrogen-bond donors (Lipinski definition) is 4. The molecule has 1 aromatic carbocycles. The van der Waals surface area contributed by atoms with Gasteiger partial charge in [0.15, 0.2) is 0 Å². The van der Waals surface area contributed by atoms with Crippen molar-refractivity contribution >= 4 is 41.7 Å². The van der Waals surface area contributed by atoms with E-state index >= 15 is 0 Å². The summed E-state index contributed by atoms with van der Waals surface area (Å²) >= 11 is 5.38. The molecule has 1 aromatic heterocycles. The summed E-state index contributed by atoms with van der Waals surface area (Å²) < 4.78 is 0. The minimum Gasteiger partial charge on any atom is -0.368 e. The number of benzene rings is 1. The second kappa shape index (κ2) is 9.24. The number of rotatable bonds is 8. The number of carbonyl (C=O) groups is 3. The van der Waals surface area contributed by atoms with Crippen LogP contribution in [0.25, 0.3) is 0 Å². The molecule has 0 aliphatic heterocycles. The summed E-state index contributed by atoms with van der Waals surface area (Å²) in [5.74, 6) is -1.40. The van der Waals surface area contributed by atoms with Crippen LogP contribution in [0.1, 0.15) is 15.2 Å². The quantitative estimate of drug-likeness (QED) is 0.516. The first-order valence-electron chi connectivity index (χ1n) is 7.60. The second-order valence-electron chi connectivity index (χ2n) is 5.34. The Morgan fingerprint density at radius 1 is 1.04 bits per heavy atom. The number of nitrogens with two attached hydrogens (primary N) is 1. The molecule has 0 aliphatic rings. The van der Waals surface area contributed by atoms with E-state index in [1.54, 1.807) is 17.5 Å². The molecule has 0 saturated heterocycles. The van der Waals surface area contributed by atoms with Crippen molar-refractivity contribution in [3.8, 4) is 0 Å². The second-order valence-corrected chi connectivity index (χ2v) is 6.65. The van der Waals surface area contributed by atoms with Crippen LogP contribution in [0, 0.1) is 0 Å². The molecule has 0 unspecified atom stereocenters. The largest absolute Gasteiger partial charge is 0.368 e. The van der Waals surface area contributed by atoms with Crippen LogP contribution in [0.2, 0.25) is 0 Å². The zero-order chi connectivity index (χ0) is 18.2. The van der Waals surface area contributed by atoms with Crippen molar-refractivity contribution in [1.82, 2.24) is 10.6 Å². The molecule has 6 nitrogen and oxygen atoms in total. The maximum atomic E-state index is 12.4. The summed E-state index contributed by atoms with van der Waals surface area (Å²) in [6.07, 6.45) is 0.278. The van der Waals surface area contributed by atoms with E-state index in [1.165, 1.54) is 11.3 Å². The van der Waals surface area contributed by atoms with Crippen LogP contribution in [0.15, 0.2) is 47.8 Å². The standard InChI is InChI=1S/C17H19N3O3S2/c18-15(21)12(9-11-5-2-1-3-6-11)19-16(22)13(10-24)20-17(23)14-7-4-8-25-14/h1-8,12-13,24H,9-10H2,(H2,18,21)(H,19,22)(H,20,23)/t12-,13-/m0/s1. The van der Waals surface area contributed by atoms with Crippen molar-refractivity contribution < 1.29 is 14.4 Å². The fourth-order valence-electron chi connectivity index (χ4n) is 2.18. The zero-order valence-corrected chi connectivity index (χ0v) is 15.1. The molecule has 4 N–H and O–H groups in total. The Morgan fingerprint density at radius 2 is 1.76 bits per heavy atom. The number of primary amides is 1. The van der Waals surface area contributed by atoms with Crippen LogP contribution in [-0.4, -0.2) is 35.6 Å². The fourth-order valence-corrected chi connectivity index (χ4v) is 3.06. The molecule has 132 valence electrons. The summed E-state index contributed by atoms with van der Waals surface area (Å²) in [4.78, 5) is 36.6. The van der Waals surface area contributed by atoms with Gasteiger partial charge in [0, 0.05) is 12.2 Å². The molecule has 3 amide bonds. The molecule has 0 bridgehead atoms. The molecule has 8 heteroatoms. The predicted octanol–water partition coefficient (Wildman–Crippen LogP) is 0.989. The van der Waals surface area contributed by atoms with E-state index in [4.69, 9.17) is 5.73 Å². The summed E-state index contributed by atoms with van der Waals surface area (Å²) in [5, 5.41) is 6.97. The van der Waals surface area contributed by atoms with Gasteiger partial charge in [-0.15, -0.1) is 11.3 Å². The average Bonchev–Trinajstić information content (AvgIpc) is 3.14. The highest BCUT2D eigenvalue weighted by atomic mass is 32.1. The molecule has 0 aliphatic carbocycles. The molecule has 2 aromatic rings. The molecule has 2 atom stereocenters. The first-order chi connectivity index (χ1) is 12.0. The van der Waals surface area contributed by atoms with E-state index in [9.17, 15) is 14.4 Å². The van der Waals surface area contributed by atoms with Crippen molar-refractivity contribution in [2.24, 2.45) is 5.73 Å². The number of amides is 3. The number of nitrogens with one attached hydrogen (secondary N) is 2. The third-order valence-corrected chi connectivity index (χ3v) is 4.73. The Balaban J connectivity index is 2.00. The molecular weight excluding hydrogens is 358 g/mol. The lowest BCUT2D eigenvalue weighted by Gasteiger charge is -2.20. The van der Waals surface area contributed by atoms with Gasteiger partial charge in [-0.2, -0.15) is 12.6 Å². The van der Waals surface area contributed by atoms with Gasteiger partial charge in [0.25, 0.3) is 5.91 Å². The van der Waals surface area contributed by atoms with Gasteiger partial charge >= 0.3 is 0 Å². The molecule has 0 radical (unpaired) electrons. The van der Waals surface area contributed by atoms with Crippen molar-refractivity contribution in [3.05, 3.63) is 58.3 Å². The van der Waals surface area contributed by atoms with Crippen molar-refractivity contribution in [2.75, 3.05) is 5.75 Å². The Bertz CT molecular complexity index is 720. The molecule has 0 spiro atoms. The zero-order valence-electron chi connectivity index (χ0n) is 13.3. The molecular formula is C17H19N3O3S2. The molecule has 0 saturated carbocycles. The lowest BCUT2D eigenvalue weighted by molar-refractivity contribution is -0.128. The van der Waals surface area contributed by atoms with Crippen LogP contribution < -0.4 is 16.4 Å². The van der Waals surface area contributed by atoms with Gasteiger partial charge in [-0.05, 0) is 17.0 Å². The average molecular weight is 377 g/mol. The Morgan fingerprint density at radius 3 is 2.32 bits per heavy atom. The highest BCUT2D eigenvalue weighted by molar-refractivity contribution is 7.80. The smallest absolute Gasteiger partial charge is 0.262 e. The topological polar surface area (TPSA) is 101 Å². The molecule has 2 rings (SSSR count). The monoisotopic (exact) mass is 377 g/mol. The number of carbonyl (C=O) groups excluding carboxylic acids is 3. The fraction of sp³-hybridized carbons (Fsp3) is 0.235. The van der Waals surface area contributed by atoms with E-state index in [2.05, 4.69) is 23.3 Å². The van der Waals surface area contributed by atoms with Crippen molar-refractivity contribution in [1.29, 1.82) is 0 Å². The van der Waals surface area contributed by atoms with Gasteiger partial charge < -0.3 is 16.4 Å². The number of thiol groups is 1. The Kier molecular flexibility index (Phi) is 7.03. The summed E-state index contributed by atoms with van der Waals surface area (Å²) in [5.41, 5.74) is 6.27. The van der Waals surface area contributed by atoms with Crippen LogP contribution in [0.3, 0.4) is 0 Å². The predicted molar refractivity (Wildman–Crippen MR) is 101 cm³/mol. The lowest BCUT2D eigenvalue weighted by Crippen LogP contribution is -2.54. The summed E-state index contributed by atoms with van der Waals surface area (Å²) in [7, 11) is 0. The maximum absolute atomic E-state index is 12.4. The van der Waals surface area contributed by atoms with E-state index < -0.39 is 23.9 Å². The first kappa shape index (κ1) is 19.0. The number of thiophene rings is 1. The third kappa shape index (κ3) is 5.61. The van der Waals surface area contributed by atoms with Crippen LogP contribution >= 0.6 is 24.0 Å². The Hall–Kier alpha value is -2.32. The SMILES string of the molecule is NC(=O)[C@H](Cc1ccccc1)NC(=O)[C@H](CS)NC(=O)c1cccs1. The van der Waals surface area contributed by atoms with E-state index in [-0.39, 0.29) is 18.1 Å². The van der Waals surface area contributed by atoms with Crippen molar-refractivity contribution in [2.45, 2.75) is 18.5 Å². The molecule has 1 heterocycles. The van der Waals surface area contributed by atoms with Gasteiger partial charge in [-0.25, -0.2) is 0 Å². The Labute approximate surface area is 155 Å². The third-order valence-electron chi connectivity index (χ3n) is 3.49. The minimum atomic E-state index is -0.865. The number of hydrogen-bond acceptors (Lipinski definition) is 5. The molecule has 25 heavy (non-hydrogen) atoms. The van der Waals surface area contributed by atoms with Gasteiger partial charge in [0.05, 0.1) is 4.88 Å². The van der Waals surface area contributed by atoms with Gasteiger partial charge in [0.2, 0.25) is 11.8 Å². The van der Waals surface area contributed by atoms with E-state index in [0.717, 1.165) is 5.56 Å². The van der Waals surface area contributed by atoms with Crippen LogP contribution in [-0.2, 0) is 16.0 Å². The van der Waals surface area contributed by atoms with Crippen LogP contribution in [0.4, 0.5) is 0 Å². The normalized spacial score (nSPS) is 12.8. The van der Waals surface area contributed by atoms with Gasteiger partial charge in [0.1, 0.15) is 12.1 Å². The van der Waals surface area contributed by atoms with Gasteiger partial charge in [-0.1, -0.05) is 36.4 Å². The highest BCUT2D eigenvalue weighted by Gasteiger charge is 2.25. The van der Waals surface area contributed by atoms with E-state index in [0.29, 0.717) is 4.88 Å². The first-order valence-corrected chi connectivity index (χ1v) is 9.11. The van der Waals surface area contributed by atoms with Gasteiger partial charge in [-0.3, -0.25) is 14.4 Å². The molecule has 0 fully saturated rings. The highest BCUT2D eigenvalue weighted by Crippen LogP contribution is 2.09. The summed E-state index contributed by atoms with van der Waals surface area (Å²) in [6, 6.07) is 10.9.